The smallest absolute Gasteiger partial charge is 0.221 e. The van der Waals surface area contributed by atoms with Gasteiger partial charge in [0.15, 0.2) is 0 Å². The molecule has 0 atom stereocenters. The van der Waals surface area contributed by atoms with Crippen molar-refractivity contribution >= 4 is 21.8 Å². The van der Waals surface area contributed by atoms with Crippen LogP contribution in [0.3, 0.4) is 0 Å². The Labute approximate surface area is 146 Å². The van der Waals surface area contributed by atoms with Gasteiger partial charge < -0.3 is 19.7 Å². The van der Waals surface area contributed by atoms with Crippen molar-refractivity contribution in [2.75, 3.05) is 40.4 Å². The molecule has 0 spiro atoms. The van der Waals surface area contributed by atoms with E-state index < -0.39 is 0 Å². The minimum Gasteiger partial charge on any atom is -0.496 e. The van der Waals surface area contributed by atoms with Crippen molar-refractivity contribution in [1.29, 1.82) is 0 Å². The monoisotopic (exact) mass is 384 g/mol. The Kier molecular flexibility index (Phi) is 7.17. The van der Waals surface area contributed by atoms with Crippen LogP contribution in [-0.4, -0.2) is 51.2 Å². The van der Waals surface area contributed by atoms with E-state index in [0.29, 0.717) is 19.4 Å². The number of nitrogens with zero attached hydrogens (tertiary/aromatic N) is 1. The minimum atomic E-state index is 0.111. The maximum absolute atomic E-state index is 11.9. The van der Waals surface area contributed by atoms with E-state index in [1.807, 2.05) is 12.1 Å². The summed E-state index contributed by atoms with van der Waals surface area (Å²) in [7, 11) is 3.28. The third-order valence-electron chi connectivity index (χ3n) is 4.13. The number of nitrogens with one attached hydrogen (secondary N) is 1. The number of hydrogen-bond donors (Lipinski definition) is 1. The first kappa shape index (κ1) is 18.1. The molecule has 0 saturated carbocycles. The first-order valence-corrected chi connectivity index (χ1v) is 8.82. The molecule has 1 aromatic carbocycles. The molecule has 1 aliphatic heterocycles. The fraction of sp³-hybridized carbons (Fsp3) is 0.588. The summed E-state index contributed by atoms with van der Waals surface area (Å²) in [5, 5.41) is 2.98. The fourth-order valence-electron chi connectivity index (χ4n) is 2.81. The van der Waals surface area contributed by atoms with Crippen LogP contribution >= 0.6 is 15.9 Å². The summed E-state index contributed by atoms with van der Waals surface area (Å²) in [6, 6.07) is 3.84. The quantitative estimate of drug-likeness (QED) is 0.748. The van der Waals surface area contributed by atoms with Crippen LogP contribution in [-0.2, 0) is 11.2 Å². The second kappa shape index (κ2) is 9.13. The molecule has 0 unspecified atom stereocenters. The second-order valence-electron chi connectivity index (χ2n) is 5.70. The number of methoxy groups -OCH3 is 2. The molecule has 1 saturated heterocycles. The highest BCUT2D eigenvalue weighted by Crippen LogP contribution is 2.32. The Morgan fingerprint density at radius 1 is 1.22 bits per heavy atom. The summed E-state index contributed by atoms with van der Waals surface area (Å²) in [5.74, 6) is 1.67. The predicted molar refractivity (Wildman–Crippen MR) is 94.3 cm³/mol. The summed E-state index contributed by atoms with van der Waals surface area (Å²) in [6.07, 6.45) is 3.79. The van der Waals surface area contributed by atoms with Gasteiger partial charge in [0.1, 0.15) is 11.5 Å². The molecule has 0 aromatic heterocycles. The molecule has 5 nitrogen and oxygen atoms in total. The highest BCUT2D eigenvalue weighted by atomic mass is 79.9. The Hall–Kier alpha value is -1.27. The number of amides is 1. The molecule has 23 heavy (non-hydrogen) atoms. The van der Waals surface area contributed by atoms with E-state index in [-0.39, 0.29) is 5.91 Å². The van der Waals surface area contributed by atoms with Gasteiger partial charge in [-0.3, -0.25) is 4.79 Å². The molecule has 1 aromatic rings. The van der Waals surface area contributed by atoms with Gasteiger partial charge in [-0.2, -0.15) is 0 Å². The highest BCUT2D eigenvalue weighted by Gasteiger charge is 2.13. The van der Waals surface area contributed by atoms with Crippen molar-refractivity contribution in [1.82, 2.24) is 10.2 Å². The average molecular weight is 385 g/mol. The summed E-state index contributed by atoms with van der Waals surface area (Å²) in [5.41, 5.74) is 1.02. The molecule has 1 N–H and O–H groups in total. The number of rotatable bonds is 8. The van der Waals surface area contributed by atoms with Gasteiger partial charge in [-0.05, 0) is 66.0 Å². The van der Waals surface area contributed by atoms with Crippen LogP contribution in [0.4, 0.5) is 0 Å². The van der Waals surface area contributed by atoms with E-state index >= 15 is 0 Å². The lowest BCUT2D eigenvalue weighted by molar-refractivity contribution is -0.121. The van der Waals surface area contributed by atoms with Gasteiger partial charge in [-0.1, -0.05) is 0 Å². The first-order valence-electron chi connectivity index (χ1n) is 8.03. The zero-order valence-corrected chi connectivity index (χ0v) is 15.4. The van der Waals surface area contributed by atoms with E-state index in [1.165, 1.54) is 12.8 Å². The number of halogens is 1. The molecule has 0 aliphatic carbocycles. The molecular weight excluding hydrogens is 360 g/mol. The zero-order chi connectivity index (χ0) is 16.7. The van der Waals surface area contributed by atoms with Crippen molar-refractivity contribution in [2.24, 2.45) is 0 Å². The lowest BCUT2D eigenvalue weighted by atomic mass is 10.1. The minimum absolute atomic E-state index is 0.111. The fourth-order valence-corrected chi connectivity index (χ4v) is 3.29. The van der Waals surface area contributed by atoms with Crippen LogP contribution < -0.4 is 14.8 Å². The van der Waals surface area contributed by atoms with E-state index in [9.17, 15) is 4.79 Å². The summed E-state index contributed by atoms with van der Waals surface area (Å²) in [4.78, 5) is 14.3. The predicted octanol–water partition coefficient (Wildman–Crippen LogP) is 2.61. The molecule has 0 bridgehead atoms. The van der Waals surface area contributed by atoms with Crippen LogP contribution in [0.2, 0.25) is 0 Å². The molecule has 6 heteroatoms. The van der Waals surface area contributed by atoms with Crippen LogP contribution in [0.5, 0.6) is 11.5 Å². The molecule has 128 valence electrons. The number of carbonyl (C=O) groups is 1. The van der Waals surface area contributed by atoms with Gasteiger partial charge in [0, 0.05) is 19.5 Å². The van der Waals surface area contributed by atoms with E-state index in [0.717, 1.165) is 41.2 Å². The maximum Gasteiger partial charge on any atom is 0.221 e. The van der Waals surface area contributed by atoms with Gasteiger partial charge in [0.05, 0.1) is 18.7 Å². The molecule has 1 fully saturated rings. The van der Waals surface area contributed by atoms with Crippen molar-refractivity contribution in [2.45, 2.75) is 25.7 Å². The summed E-state index contributed by atoms with van der Waals surface area (Å²) >= 11 is 3.45. The SMILES string of the molecule is COc1cc(CCNC(=O)CCN2CCCC2)c(OC)cc1Br. The van der Waals surface area contributed by atoms with Gasteiger partial charge in [0.2, 0.25) is 5.91 Å². The van der Waals surface area contributed by atoms with E-state index in [1.54, 1.807) is 14.2 Å². The lowest BCUT2D eigenvalue weighted by Crippen LogP contribution is -2.30. The largest absolute Gasteiger partial charge is 0.496 e. The van der Waals surface area contributed by atoms with Crippen LogP contribution in [0.15, 0.2) is 16.6 Å². The summed E-state index contributed by atoms with van der Waals surface area (Å²) < 4.78 is 11.6. The second-order valence-corrected chi connectivity index (χ2v) is 6.55. The first-order chi connectivity index (χ1) is 11.1. The molecule has 1 amide bonds. The van der Waals surface area contributed by atoms with E-state index in [4.69, 9.17) is 9.47 Å². The number of hydrogen-bond acceptors (Lipinski definition) is 4. The van der Waals surface area contributed by atoms with Gasteiger partial charge in [-0.25, -0.2) is 0 Å². The number of benzene rings is 1. The van der Waals surface area contributed by atoms with Gasteiger partial charge in [-0.15, -0.1) is 0 Å². The maximum atomic E-state index is 11.9. The molecule has 1 heterocycles. The van der Waals surface area contributed by atoms with Crippen LogP contribution in [0, 0.1) is 0 Å². The zero-order valence-electron chi connectivity index (χ0n) is 13.9. The van der Waals surface area contributed by atoms with E-state index in [2.05, 4.69) is 26.1 Å². The standard InChI is InChI=1S/C17H25BrN2O3/c1-22-15-12-14(18)16(23-2)11-13(15)5-7-19-17(21)6-10-20-8-3-4-9-20/h11-12H,3-10H2,1-2H3,(H,19,21). The van der Waals surface area contributed by atoms with Crippen molar-refractivity contribution < 1.29 is 14.3 Å². The van der Waals surface area contributed by atoms with Crippen molar-refractivity contribution in [3.63, 3.8) is 0 Å². The Morgan fingerprint density at radius 3 is 2.57 bits per heavy atom. The topological polar surface area (TPSA) is 50.8 Å². The van der Waals surface area contributed by atoms with Crippen molar-refractivity contribution in [3.05, 3.63) is 22.2 Å². The van der Waals surface area contributed by atoms with Gasteiger partial charge in [0.25, 0.3) is 0 Å². The molecular formula is C17H25BrN2O3. The number of ether oxygens (including phenoxy) is 2. The lowest BCUT2D eigenvalue weighted by Gasteiger charge is -2.15. The van der Waals surface area contributed by atoms with Crippen LogP contribution in [0.25, 0.3) is 0 Å². The van der Waals surface area contributed by atoms with Gasteiger partial charge >= 0.3 is 0 Å². The third kappa shape index (κ3) is 5.39. The normalized spacial score (nSPS) is 14.7. The molecule has 2 rings (SSSR count). The van der Waals surface area contributed by atoms with Crippen molar-refractivity contribution in [3.8, 4) is 11.5 Å². The molecule has 0 radical (unpaired) electrons. The Bertz CT molecular complexity index is 531. The number of carbonyl (C=O) groups excluding carboxylic acids is 1. The highest BCUT2D eigenvalue weighted by molar-refractivity contribution is 9.10. The number of likely N-dealkylation sites (tertiary alicyclic amines) is 1. The Morgan fingerprint density at radius 2 is 1.91 bits per heavy atom. The Balaban J connectivity index is 1.79. The summed E-state index contributed by atoms with van der Waals surface area (Å²) in [6.45, 7) is 3.72. The van der Waals surface area contributed by atoms with Crippen LogP contribution in [0.1, 0.15) is 24.8 Å². The third-order valence-corrected chi connectivity index (χ3v) is 4.74. The molecule has 1 aliphatic rings. The average Bonchev–Trinajstić information content (AvgIpc) is 3.07.